The van der Waals surface area contributed by atoms with Crippen LogP contribution in [0.15, 0.2) is 42.5 Å². The topological polar surface area (TPSA) is 9.23 Å². The number of hydrogen-bond donors (Lipinski definition) is 0. The molecule has 0 heterocycles. The number of ether oxygens (including phenoxy) is 1. The molecule has 0 amide bonds. The standard InChI is InChI=1S/C16H17ClO/c1-3-12-8-9-15(16(17)10-12)14-7-5-4-6-13(14)11-18-2/h4-10H,3,11H2,1-2H3. The Balaban J connectivity index is 2.48. The van der Waals surface area contributed by atoms with E-state index in [0.29, 0.717) is 6.61 Å². The van der Waals surface area contributed by atoms with Gasteiger partial charge in [0.25, 0.3) is 0 Å². The number of halogens is 1. The third-order valence-electron chi connectivity index (χ3n) is 3.05. The highest BCUT2D eigenvalue weighted by Crippen LogP contribution is 2.31. The molecule has 18 heavy (non-hydrogen) atoms. The molecule has 0 N–H and O–H groups in total. The molecule has 0 aliphatic heterocycles. The second-order valence-corrected chi connectivity index (χ2v) is 4.67. The summed E-state index contributed by atoms with van der Waals surface area (Å²) in [7, 11) is 1.71. The van der Waals surface area contributed by atoms with Crippen LogP contribution in [-0.2, 0) is 17.8 Å². The molecule has 0 unspecified atom stereocenters. The van der Waals surface area contributed by atoms with E-state index in [4.69, 9.17) is 16.3 Å². The summed E-state index contributed by atoms with van der Waals surface area (Å²) in [5, 5.41) is 0.804. The SMILES string of the molecule is CCc1ccc(-c2ccccc2COC)c(Cl)c1. The summed E-state index contributed by atoms with van der Waals surface area (Å²) in [5.74, 6) is 0. The van der Waals surface area contributed by atoms with Crippen LogP contribution in [0.25, 0.3) is 11.1 Å². The van der Waals surface area contributed by atoms with Gasteiger partial charge in [-0.25, -0.2) is 0 Å². The molecule has 0 saturated heterocycles. The normalized spacial score (nSPS) is 10.6. The fourth-order valence-corrected chi connectivity index (χ4v) is 2.37. The Kier molecular flexibility index (Phi) is 4.40. The van der Waals surface area contributed by atoms with E-state index in [1.54, 1.807) is 7.11 Å². The molecule has 0 aromatic heterocycles. The number of benzene rings is 2. The van der Waals surface area contributed by atoms with Crippen molar-refractivity contribution in [3.05, 3.63) is 58.6 Å². The largest absolute Gasteiger partial charge is 0.380 e. The maximum atomic E-state index is 6.37. The van der Waals surface area contributed by atoms with Gasteiger partial charge >= 0.3 is 0 Å². The number of rotatable bonds is 4. The third kappa shape index (κ3) is 2.74. The summed E-state index contributed by atoms with van der Waals surface area (Å²) >= 11 is 6.37. The second-order valence-electron chi connectivity index (χ2n) is 4.26. The molecule has 2 rings (SSSR count). The minimum atomic E-state index is 0.599. The van der Waals surface area contributed by atoms with Crippen LogP contribution < -0.4 is 0 Å². The van der Waals surface area contributed by atoms with Crippen molar-refractivity contribution in [3.63, 3.8) is 0 Å². The van der Waals surface area contributed by atoms with Gasteiger partial charge in [-0.3, -0.25) is 0 Å². The Hall–Kier alpha value is -1.31. The smallest absolute Gasteiger partial charge is 0.0719 e. The molecule has 1 nitrogen and oxygen atoms in total. The van der Waals surface area contributed by atoms with Gasteiger partial charge in [0.05, 0.1) is 6.61 Å². The Morgan fingerprint density at radius 2 is 1.83 bits per heavy atom. The van der Waals surface area contributed by atoms with E-state index in [1.165, 1.54) is 5.56 Å². The first-order valence-corrected chi connectivity index (χ1v) is 6.49. The van der Waals surface area contributed by atoms with E-state index < -0.39 is 0 Å². The molecule has 2 heteroatoms. The summed E-state index contributed by atoms with van der Waals surface area (Å²) < 4.78 is 5.23. The second kappa shape index (κ2) is 6.03. The van der Waals surface area contributed by atoms with E-state index in [0.717, 1.165) is 28.1 Å². The van der Waals surface area contributed by atoms with Crippen LogP contribution in [0.3, 0.4) is 0 Å². The highest BCUT2D eigenvalue weighted by atomic mass is 35.5. The van der Waals surface area contributed by atoms with Crippen molar-refractivity contribution in [3.8, 4) is 11.1 Å². The zero-order chi connectivity index (χ0) is 13.0. The van der Waals surface area contributed by atoms with E-state index in [-0.39, 0.29) is 0 Å². The molecule has 0 aliphatic carbocycles. The van der Waals surface area contributed by atoms with Gasteiger partial charge in [0.1, 0.15) is 0 Å². The van der Waals surface area contributed by atoms with Gasteiger partial charge in [0, 0.05) is 17.7 Å². The zero-order valence-electron chi connectivity index (χ0n) is 10.7. The Labute approximate surface area is 113 Å². The lowest BCUT2D eigenvalue weighted by atomic mass is 9.98. The average molecular weight is 261 g/mol. The van der Waals surface area contributed by atoms with Crippen molar-refractivity contribution in [2.24, 2.45) is 0 Å². The Bertz CT molecular complexity index is 534. The first-order chi connectivity index (χ1) is 8.76. The zero-order valence-corrected chi connectivity index (χ0v) is 11.5. The van der Waals surface area contributed by atoms with Gasteiger partial charge in [-0.2, -0.15) is 0 Å². The van der Waals surface area contributed by atoms with Gasteiger partial charge in [0.2, 0.25) is 0 Å². The van der Waals surface area contributed by atoms with Crippen LogP contribution in [0.4, 0.5) is 0 Å². The lowest BCUT2D eigenvalue weighted by Gasteiger charge is -2.11. The summed E-state index contributed by atoms with van der Waals surface area (Å²) in [4.78, 5) is 0. The van der Waals surface area contributed by atoms with Crippen LogP contribution in [0, 0.1) is 0 Å². The van der Waals surface area contributed by atoms with Crippen molar-refractivity contribution >= 4 is 11.6 Å². The van der Waals surface area contributed by atoms with E-state index in [2.05, 4.69) is 31.2 Å². The molecular weight excluding hydrogens is 244 g/mol. The molecule has 2 aromatic rings. The lowest BCUT2D eigenvalue weighted by molar-refractivity contribution is 0.185. The van der Waals surface area contributed by atoms with Gasteiger partial charge in [-0.05, 0) is 29.2 Å². The monoisotopic (exact) mass is 260 g/mol. The fraction of sp³-hybridized carbons (Fsp3) is 0.250. The Morgan fingerprint density at radius 3 is 2.50 bits per heavy atom. The average Bonchev–Trinajstić information content (AvgIpc) is 2.40. The molecule has 0 saturated carbocycles. The Morgan fingerprint density at radius 1 is 1.06 bits per heavy atom. The van der Waals surface area contributed by atoms with Gasteiger partial charge in [-0.1, -0.05) is 54.9 Å². The van der Waals surface area contributed by atoms with Gasteiger partial charge in [0.15, 0.2) is 0 Å². The van der Waals surface area contributed by atoms with Crippen LogP contribution in [-0.4, -0.2) is 7.11 Å². The minimum Gasteiger partial charge on any atom is -0.380 e. The molecule has 0 bridgehead atoms. The highest BCUT2D eigenvalue weighted by molar-refractivity contribution is 6.33. The van der Waals surface area contributed by atoms with Crippen molar-refractivity contribution < 1.29 is 4.74 Å². The molecule has 0 atom stereocenters. The van der Waals surface area contributed by atoms with Gasteiger partial charge in [-0.15, -0.1) is 0 Å². The van der Waals surface area contributed by atoms with E-state index >= 15 is 0 Å². The first kappa shape index (κ1) is 13.1. The van der Waals surface area contributed by atoms with Crippen LogP contribution >= 0.6 is 11.6 Å². The molecule has 94 valence electrons. The van der Waals surface area contributed by atoms with Crippen LogP contribution in [0.2, 0.25) is 5.02 Å². The summed E-state index contributed by atoms with van der Waals surface area (Å²) in [6.45, 7) is 2.73. The minimum absolute atomic E-state index is 0.599. The molecule has 0 radical (unpaired) electrons. The molecule has 2 aromatic carbocycles. The lowest BCUT2D eigenvalue weighted by Crippen LogP contribution is -1.93. The molecule has 0 fully saturated rings. The van der Waals surface area contributed by atoms with Crippen molar-refractivity contribution in [2.45, 2.75) is 20.0 Å². The number of methoxy groups -OCH3 is 1. The van der Waals surface area contributed by atoms with Crippen LogP contribution in [0.1, 0.15) is 18.1 Å². The third-order valence-corrected chi connectivity index (χ3v) is 3.36. The summed E-state index contributed by atoms with van der Waals surface area (Å²) in [6, 6.07) is 14.5. The first-order valence-electron chi connectivity index (χ1n) is 6.12. The van der Waals surface area contributed by atoms with Gasteiger partial charge < -0.3 is 4.74 Å². The maximum Gasteiger partial charge on any atom is 0.0719 e. The summed E-state index contributed by atoms with van der Waals surface area (Å²) in [6.07, 6.45) is 1.000. The summed E-state index contributed by atoms with van der Waals surface area (Å²) in [5.41, 5.74) is 4.63. The number of aryl methyl sites for hydroxylation is 1. The number of hydrogen-bond acceptors (Lipinski definition) is 1. The highest BCUT2D eigenvalue weighted by Gasteiger charge is 2.08. The fourth-order valence-electron chi connectivity index (χ4n) is 2.06. The molecule has 0 aliphatic rings. The van der Waals surface area contributed by atoms with Crippen LogP contribution in [0.5, 0.6) is 0 Å². The van der Waals surface area contributed by atoms with E-state index in [9.17, 15) is 0 Å². The van der Waals surface area contributed by atoms with Crippen molar-refractivity contribution in [1.82, 2.24) is 0 Å². The quantitative estimate of drug-likeness (QED) is 0.773. The van der Waals surface area contributed by atoms with E-state index in [1.807, 2.05) is 18.2 Å². The predicted molar refractivity (Wildman–Crippen MR) is 77.0 cm³/mol. The maximum absolute atomic E-state index is 6.37. The molecular formula is C16H17ClO. The van der Waals surface area contributed by atoms with Crippen molar-refractivity contribution in [1.29, 1.82) is 0 Å². The van der Waals surface area contributed by atoms with Crippen molar-refractivity contribution in [2.75, 3.05) is 7.11 Å². The molecule has 0 spiro atoms. The predicted octanol–water partition coefficient (Wildman–Crippen LogP) is 4.72.